The Kier molecular flexibility index (Phi) is 3.56. The van der Waals surface area contributed by atoms with Crippen molar-refractivity contribution >= 4 is 0 Å². The van der Waals surface area contributed by atoms with Gasteiger partial charge < -0.3 is 10.2 Å². The van der Waals surface area contributed by atoms with E-state index in [0.29, 0.717) is 17.7 Å². The molecule has 0 amide bonds. The molecule has 0 fully saturated rings. The Morgan fingerprint density at radius 2 is 1.67 bits per heavy atom. The first kappa shape index (κ1) is 13.2. The molecule has 3 aromatic rings. The van der Waals surface area contributed by atoms with Crippen LogP contribution >= 0.6 is 0 Å². The van der Waals surface area contributed by atoms with Crippen LogP contribution in [-0.2, 0) is 6.42 Å². The number of rotatable bonds is 3. The van der Waals surface area contributed by atoms with E-state index in [4.69, 9.17) is 0 Å². The number of hydrogen-bond acceptors (Lipinski definition) is 3. The van der Waals surface area contributed by atoms with Crippen molar-refractivity contribution in [2.24, 2.45) is 0 Å². The van der Waals surface area contributed by atoms with E-state index in [0.717, 1.165) is 11.1 Å². The third kappa shape index (κ3) is 2.87. The van der Waals surface area contributed by atoms with Crippen molar-refractivity contribution in [3.05, 3.63) is 78.1 Å². The number of aromatic hydroxyl groups is 2. The Bertz CT molecular complexity index is 754. The molecule has 0 saturated heterocycles. The summed E-state index contributed by atoms with van der Waals surface area (Å²) in [6.45, 7) is 0. The van der Waals surface area contributed by atoms with Gasteiger partial charge in [-0.1, -0.05) is 42.5 Å². The minimum Gasteiger partial charge on any atom is -0.508 e. The third-order valence-electron chi connectivity index (χ3n) is 3.37. The number of hydrogen-bond donors (Lipinski definition) is 2. The molecule has 0 aliphatic carbocycles. The largest absolute Gasteiger partial charge is 0.508 e. The summed E-state index contributed by atoms with van der Waals surface area (Å²) in [5.41, 5.74) is 3.16. The van der Waals surface area contributed by atoms with Crippen molar-refractivity contribution < 1.29 is 10.2 Å². The van der Waals surface area contributed by atoms with Gasteiger partial charge in [0.1, 0.15) is 11.5 Å². The number of pyridine rings is 1. The molecule has 0 spiro atoms. The molecule has 3 heteroatoms. The van der Waals surface area contributed by atoms with Gasteiger partial charge in [-0.25, -0.2) is 0 Å². The van der Waals surface area contributed by atoms with Crippen LogP contribution in [0.4, 0.5) is 0 Å². The number of phenolic OH excluding ortho intramolecular Hbond substituents is 1. The predicted molar refractivity (Wildman–Crippen MR) is 82.3 cm³/mol. The van der Waals surface area contributed by atoms with Gasteiger partial charge in [-0.2, -0.15) is 0 Å². The molecule has 0 radical (unpaired) electrons. The standard InChI is InChI=1S/C18H15NO2/c20-15-8-4-7-14(12-15)16-9-10-19-17(18(16)21)11-13-5-2-1-3-6-13/h1-10,12,20-21H,11H2. The van der Waals surface area contributed by atoms with Crippen molar-refractivity contribution in [2.45, 2.75) is 6.42 Å². The third-order valence-corrected chi connectivity index (χ3v) is 3.37. The van der Waals surface area contributed by atoms with Crippen LogP contribution < -0.4 is 0 Å². The molecule has 2 N–H and O–H groups in total. The molecule has 3 rings (SSSR count). The van der Waals surface area contributed by atoms with E-state index in [-0.39, 0.29) is 11.5 Å². The van der Waals surface area contributed by atoms with Crippen molar-refractivity contribution in [1.29, 1.82) is 0 Å². The zero-order valence-corrected chi connectivity index (χ0v) is 11.4. The first-order valence-corrected chi connectivity index (χ1v) is 6.74. The predicted octanol–water partition coefficient (Wildman–Crippen LogP) is 3.75. The number of nitrogens with zero attached hydrogens (tertiary/aromatic N) is 1. The van der Waals surface area contributed by atoms with E-state index in [1.807, 2.05) is 36.4 Å². The molecule has 1 aromatic heterocycles. The highest BCUT2D eigenvalue weighted by atomic mass is 16.3. The van der Waals surface area contributed by atoms with Crippen LogP contribution in [0.3, 0.4) is 0 Å². The smallest absolute Gasteiger partial charge is 0.145 e. The number of aromatic nitrogens is 1. The van der Waals surface area contributed by atoms with Crippen LogP contribution in [0.15, 0.2) is 66.9 Å². The lowest BCUT2D eigenvalue weighted by Crippen LogP contribution is -1.94. The second-order valence-corrected chi connectivity index (χ2v) is 4.87. The Morgan fingerprint density at radius 3 is 2.43 bits per heavy atom. The molecule has 3 nitrogen and oxygen atoms in total. The highest BCUT2D eigenvalue weighted by molar-refractivity contribution is 5.71. The summed E-state index contributed by atoms with van der Waals surface area (Å²) in [6.07, 6.45) is 2.25. The molecule has 104 valence electrons. The van der Waals surface area contributed by atoms with Crippen LogP contribution in [0.2, 0.25) is 0 Å². The Labute approximate surface area is 123 Å². The van der Waals surface area contributed by atoms with E-state index < -0.39 is 0 Å². The molecule has 0 atom stereocenters. The average Bonchev–Trinajstić information content (AvgIpc) is 2.50. The summed E-state index contributed by atoms with van der Waals surface area (Å²) >= 11 is 0. The molecule has 0 saturated carbocycles. The van der Waals surface area contributed by atoms with E-state index >= 15 is 0 Å². The Hall–Kier alpha value is -2.81. The summed E-state index contributed by atoms with van der Waals surface area (Å²) < 4.78 is 0. The van der Waals surface area contributed by atoms with E-state index in [2.05, 4.69) is 4.98 Å². The summed E-state index contributed by atoms with van der Waals surface area (Å²) in [7, 11) is 0. The molecule has 2 aromatic carbocycles. The zero-order valence-electron chi connectivity index (χ0n) is 11.4. The maximum Gasteiger partial charge on any atom is 0.145 e. The second-order valence-electron chi connectivity index (χ2n) is 4.87. The molecule has 21 heavy (non-hydrogen) atoms. The summed E-state index contributed by atoms with van der Waals surface area (Å²) in [5.74, 6) is 0.334. The van der Waals surface area contributed by atoms with Crippen LogP contribution in [0.5, 0.6) is 11.5 Å². The van der Waals surface area contributed by atoms with Crippen molar-refractivity contribution in [1.82, 2.24) is 4.98 Å². The van der Waals surface area contributed by atoms with Crippen molar-refractivity contribution in [3.63, 3.8) is 0 Å². The maximum atomic E-state index is 10.5. The van der Waals surface area contributed by atoms with Gasteiger partial charge in [-0.3, -0.25) is 4.98 Å². The van der Waals surface area contributed by atoms with Crippen molar-refractivity contribution in [3.8, 4) is 22.6 Å². The normalized spacial score (nSPS) is 10.5. The van der Waals surface area contributed by atoms with Crippen LogP contribution in [0.25, 0.3) is 11.1 Å². The number of benzene rings is 2. The van der Waals surface area contributed by atoms with Gasteiger partial charge in [-0.05, 0) is 29.3 Å². The first-order chi connectivity index (χ1) is 10.2. The van der Waals surface area contributed by atoms with E-state index in [1.54, 1.807) is 30.5 Å². The molecule has 0 unspecified atom stereocenters. The highest BCUT2D eigenvalue weighted by Crippen LogP contribution is 2.33. The molecular weight excluding hydrogens is 262 g/mol. The fraction of sp³-hybridized carbons (Fsp3) is 0.0556. The minimum atomic E-state index is 0.159. The molecule has 0 bridgehead atoms. The van der Waals surface area contributed by atoms with E-state index in [1.165, 1.54) is 0 Å². The van der Waals surface area contributed by atoms with Crippen LogP contribution in [-0.4, -0.2) is 15.2 Å². The Balaban J connectivity index is 1.99. The van der Waals surface area contributed by atoms with Crippen molar-refractivity contribution in [2.75, 3.05) is 0 Å². The maximum absolute atomic E-state index is 10.5. The van der Waals surface area contributed by atoms with Crippen LogP contribution in [0.1, 0.15) is 11.3 Å². The van der Waals surface area contributed by atoms with Crippen LogP contribution in [0, 0.1) is 0 Å². The van der Waals surface area contributed by atoms with Gasteiger partial charge in [0.15, 0.2) is 0 Å². The molecule has 0 aliphatic heterocycles. The number of phenols is 1. The molecular formula is C18H15NO2. The summed E-state index contributed by atoms with van der Waals surface area (Å²) in [4.78, 5) is 4.27. The topological polar surface area (TPSA) is 53.4 Å². The first-order valence-electron chi connectivity index (χ1n) is 6.74. The monoisotopic (exact) mass is 277 g/mol. The average molecular weight is 277 g/mol. The van der Waals surface area contributed by atoms with Gasteiger partial charge in [0.25, 0.3) is 0 Å². The van der Waals surface area contributed by atoms with Gasteiger partial charge in [-0.15, -0.1) is 0 Å². The fourth-order valence-electron chi connectivity index (χ4n) is 2.32. The minimum absolute atomic E-state index is 0.159. The second kappa shape index (κ2) is 5.67. The zero-order chi connectivity index (χ0) is 14.7. The van der Waals surface area contributed by atoms with Gasteiger partial charge in [0, 0.05) is 18.2 Å². The lowest BCUT2D eigenvalue weighted by molar-refractivity contribution is 0.467. The fourth-order valence-corrected chi connectivity index (χ4v) is 2.32. The van der Waals surface area contributed by atoms with Gasteiger partial charge >= 0.3 is 0 Å². The summed E-state index contributed by atoms with van der Waals surface area (Å²) in [5, 5.41) is 20.0. The lowest BCUT2D eigenvalue weighted by Gasteiger charge is -2.09. The quantitative estimate of drug-likeness (QED) is 0.766. The molecule has 1 heterocycles. The Morgan fingerprint density at radius 1 is 0.857 bits per heavy atom. The highest BCUT2D eigenvalue weighted by Gasteiger charge is 2.11. The van der Waals surface area contributed by atoms with Gasteiger partial charge in [0.2, 0.25) is 0 Å². The van der Waals surface area contributed by atoms with Gasteiger partial charge in [0.05, 0.1) is 5.69 Å². The molecule has 0 aliphatic rings. The summed E-state index contributed by atoms with van der Waals surface area (Å²) in [6, 6.07) is 18.5. The van der Waals surface area contributed by atoms with E-state index in [9.17, 15) is 10.2 Å². The lowest BCUT2D eigenvalue weighted by atomic mass is 10.0. The SMILES string of the molecule is Oc1cccc(-c2ccnc(Cc3ccccc3)c2O)c1.